The number of pyridine rings is 1. The van der Waals surface area contributed by atoms with Crippen molar-refractivity contribution in [2.75, 3.05) is 18.4 Å². The quantitative estimate of drug-likeness (QED) is 0.634. The number of benzene rings is 1. The molecule has 10 heteroatoms. The van der Waals surface area contributed by atoms with Gasteiger partial charge in [-0.1, -0.05) is 18.2 Å². The molecule has 0 amide bonds. The maximum atomic E-state index is 13.8. The molecule has 2 aliphatic rings. The van der Waals surface area contributed by atoms with E-state index in [0.29, 0.717) is 11.8 Å². The molecule has 0 unspecified atom stereocenters. The molecule has 2 aromatic heterocycles. The first-order valence-electron chi connectivity index (χ1n) is 10.1. The third-order valence-corrected chi connectivity index (χ3v) is 7.97. The second-order valence-electron chi connectivity index (χ2n) is 8.20. The van der Waals surface area contributed by atoms with Gasteiger partial charge in [-0.25, -0.2) is 17.4 Å². The topological polar surface area (TPSA) is 76.0 Å². The Hall–Kier alpha value is -2.59. The lowest BCUT2D eigenvalue weighted by molar-refractivity contribution is -0.137. The maximum absolute atomic E-state index is 13.8. The first-order chi connectivity index (χ1) is 14.7. The van der Waals surface area contributed by atoms with Crippen LogP contribution >= 0.6 is 0 Å². The van der Waals surface area contributed by atoms with Gasteiger partial charge in [-0.3, -0.25) is 0 Å². The lowest BCUT2D eigenvalue weighted by atomic mass is 10.0. The van der Waals surface area contributed by atoms with E-state index in [9.17, 15) is 21.6 Å². The standard InChI is InChI=1S/C21H21F3N4O2S/c22-21(23,24)18-12-26-20-17(19(18)27-15-8-13-10-25-11-14(13)9-15)6-7-28(20)31(29,30)16-4-2-1-3-5-16/h1-7,12-15,25H,8-11H2,(H,26,27)/t13-,14+,15+. The Morgan fingerprint density at radius 2 is 1.74 bits per heavy atom. The van der Waals surface area contributed by atoms with Gasteiger partial charge in [0.15, 0.2) is 5.65 Å². The van der Waals surface area contributed by atoms with Gasteiger partial charge in [0.05, 0.1) is 16.1 Å². The van der Waals surface area contributed by atoms with E-state index < -0.39 is 21.8 Å². The van der Waals surface area contributed by atoms with Crippen LogP contribution in [0, 0.1) is 11.8 Å². The molecular formula is C21H21F3N4O2S. The SMILES string of the molecule is O=S(=O)(c1ccccc1)n1ccc2c(N[C@@H]3C[C@H]4CNC[C@H]4C3)c(C(F)(F)F)cnc21. The molecule has 1 aliphatic carbocycles. The fraction of sp³-hybridized carbons (Fsp3) is 0.381. The second-order valence-corrected chi connectivity index (χ2v) is 10.0. The molecule has 2 fully saturated rings. The molecule has 0 spiro atoms. The Morgan fingerprint density at radius 3 is 2.39 bits per heavy atom. The van der Waals surface area contributed by atoms with E-state index in [1.54, 1.807) is 18.2 Å². The summed E-state index contributed by atoms with van der Waals surface area (Å²) in [4.78, 5) is 3.95. The van der Waals surface area contributed by atoms with Crippen molar-refractivity contribution in [3.05, 3.63) is 54.4 Å². The lowest BCUT2D eigenvalue weighted by Crippen LogP contribution is -2.23. The van der Waals surface area contributed by atoms with Crippen molar-refractivity contribution < 1.29 is 21.6 Å². The Kier molecular flexibility index (Phi) is 4.74. The van der Waals surface area contributed by atoms with E-state index in [4.69, 9.17) is 0 Å². The summed E-state index contributed by atoms with van der Waals surface area (Å²) in [6.07, 6.45) is -1.07. The molecule has 164 valence electrons. The Labute approximate surface area is 177 Å². The Morgan fingerprint density at radius 1 is 1.06 bits per heavy atom. The van der Waals surface area contributed by atoms with Crippen LogP contribution in [0.5, 0.6) is 0 Å². The number of fused-ring (bicyclic) bond motifs is 2. The number of halogens is 3. The molecule has 3 heterocycles. The smallest absolute Gasteiger partial charge is 0.381 e. The summed E-state index contributed by atoms with van der Waals surface area (Å²) in [6.45, 7) is 1.76. The summed E-state index contributed by atoms with van der Waals surface area (Å²) in [5, 5.41) is 6.56. The van der Waals surface area contributed by atoms with Gasteiger partial charge in [0.1, 0.15) is 0 Å². The molecule has 1 saturated heterocycles. The summed E-state index contributed by atoms with van der Waals surface area (Å²) < 4.78 is 68.4. The van der Waals surface area contributed by atoms with Crippen LogP contribution in [-0.4, -0.2) is 36.5 Å². The number of rotatable bonds is 4. The first-order valence-corrected chi connectivity index (χ1v) is 11.5. The molecule has 0 radical (unpaired) electrons. The maximum Gasteiger partial charge on any atom is 0.419 e. The fourth-order valence-electron chi connectivity index (χ4n) is 4.82. The summed E-state index contributed by atoms with van der Waals surface area (Å²) in [5.74, 6) is 0.902. The summed E-state index contributed by atoms with van der Waals surface area (Å²) in [6, 6.07) is 9.04. The number of nitrogens with zero attached hydrogens (tertiary/aromatic N) is 2. The monoisotopic (exact) mass is 450 g/mol. The molecule has 0 bridgehead atoms. The zero-order valence-electron chi connectivity index (χ0n) is 16.4. The van der Waals surface area contributed by atoms with E-state index in [1.807, 2.05) is 0 Å². The van der Waals surface area contributed by atoms with Crippen molar-refractivity contribution in [3.63, 3.8) is 0 Å². The highest BCUT2D eigenvalue weighted by Gasteiger charge is 2.40. The molecule has 31 heavy (non-hydrogen) atoms. The van der Waals surface area contributed by atoms with E-state index in [1.165, 1.54) is 24.4 Å². The van der Waals surface area contributed by atoms with Crippen molar-refractivity contribution in [2.24, 2.45) is 11.8 Å². The number of anilines is 1. The largest absolute Gasteiger partial charge is 0.419 e. The molecule has 1 aliphatic heterocycles. The number of hydrogen-bond donors (Lipinski definition) is 2. The third-order valence-electron chi connectivity index (χ3n) is 6.29. The molecule has 6 nitrogen and oxygen atoms in total. The van der Waals surface area contributed by atoms with Crippen molar-refractivity contribution in [1.29, 1.82) is 0 Å². The van der Waals surface area contributed by atoms with E-state index in [0.717, 1.165) is 36.1 Å². The van der Waals surface area contributed by atoms with Crippen LogP contribution in [0.25, 0.3) is 11.0 Å². The van der Waals surface area contributed by atoms with Crippen LogP contribution < -0.4 is 10.6 Å². The van der Waals surface area contributed by atoms with Crippen molar-refractivity contribution in [1.82, 2.24) is 14.3 Å². The molecule has 5 rings (SSSR count). The lowest BCUT2D eigenvalue weighted by Gasteiger charge is -2.20. The highest BCUT2D eigenvalue weighted by atomic mass is 32.2. The average molecular weight is 450 g/mol. The van der Waals surface area contributed by atoms with Gasteiger partial charge in [0, 0.05) is 23.8 Å². The summed E-state index contributed by atoms with van der Waals surface area (Å²) in [7, 11) is -3.99. The Bertz CT molecular complexity index is 1210. The van der Waals surface area contributed by atoms with Gasteiger partial charge in [0.2, 0.25) is 0 Å². The van der Waals surface area contributed by atoms with Gasteiger partial charge >= 0.3 is 6.18 Å². The molecule has 3 aromatic rings. The zero-order chi connectivity index (χ0) is 21.8. The second kappa shape index (κ2) is 7.23. The van der Waals surface area contributed by atoms with Crippen molar-refractivity contribution in [3.8, 4) is 0 Å². The van der Waals surface area contributed by atoms with Crippen LogP contribution in [0.15, 0.2) is 53.7 Å². The van der Waals surface area contributed by atoms with Gasteiger partial charge in [-0.15, -0.1) is 0 Å². The molecule has 1 saturated carbocycles. The first kappa shape index (κ1) is 20.3. The molecular weight excluding hydrogens is 429 g/mol. The highest BCUT2D eigenvalue weighted by Crippen LogP contribution is 2.42. The summed E-state index contributed by atoms with van der Waals surface area (Å²) >= 11 is 0. The predicted molar refractivity (Wildman–Crippen MR) is 110 cm³/mol. The zero-order valence-corrected chi connectivity index (χ0v) is 17.2. The van der Waals surface area contributed by atoms with Gasteiger partial charge in [-0.2, -0.15) is 13.2 Å². The molecule has 1 aromatic carbocycles. The highest BCUT2D eigenvalue weighted by molar-refractivity contribution is 7.90. The van der Waals surface area contributed by atoms with Gasteiger partial charge < -0.3 is 10.6 Å². The Balaban J connectivity index is 1.60. The van der Waals surface area contributed by atoms with Crippen LogP contribution in [0.3, 0.4) is 0 Å². The fourth-order valence-corrected chi connectivity index (χ4v) is 6.14. The summed E-state index contributed by atoms with van der Waals surface area (Å²) in [5.41, 5.74) is -1.01. The van der Waals surface area contributed by atoms with Crippen LogP contribution in [0.4, 0.5) is 18.9 Å². The number of nitrogens with one attached hydrogen (secondary N) is 2. The van der Waals surface area contributed by atoms with Gasteiger partial charge in [-0.05, 0) is 56.0 Å². The van der Waals surface area contributed by atoms with Crippen LogP contribution in [0.1, 0.15) is 18.4 Å². The molecule has 2 N–H and O–H groups in total. The number of hydrogen-bond acceptors (Lipinski definition) is 5. The van der Waals surface area contributed by atoms with Crippen LogP contribution in [0.2, 0.25) is 0 Å². The minimum Gasteiger partial charge on any atom is -0.381 e. The normalized spacial score (nSPS) is 23.9. The minimum atomic E-state index is -4.61. The third kappa shape index (κ3) is 3.47. The van der Waals surface area contributed by atoms with E-state index in [2.05, 4.69) is 15.6 Å². The van der Waals surface area contributed by atoms with Crippen molar-refractivity contribution >= 4 is 26.7 Å². The minimum absolute atomic E-state index is 0.0285. The predicted octanol–water partition coefficient (Wildman–Crippen LogP) is 3.70. The number of alkyl halides is 3. The van der Waals surface area contributed by atoms with Crippen LogP contribution in [-0.2, 0) is 16.2 Å². The number of aromatic nitrogens is 2. The van der Waals surface area contributed by atoms with E-state index in [-0.39, 0.29) is 27.7 Å². The van der Waals surface area contributed by atoms with E-state index >= 15 is 0 Å². The average Bonchev–Trinajstić information content (AvgIpc) is 3.42. The van der Waals surface area contributed by atoms with Gasteiger partial charge in [0.25, 0.3) is 10.0 Å². The van der Waals surface area contributed by atoms with Crippen molar-refractivity contribution in [2.45, 2.75) is 30.0 Å². The molecule has 3 atom stereocenters.